The zero-order valence-electron chi connectivity index (χ0n) is 11.1. The smallest absolute Gasteiger partial charge is 0.167 e. The Labute approximate surface area is 115 Å². The Morgan fingerprint density at radius 3 is 3.00 bits per heavy atom. The molecule has 0 unspecified atom stereocenters. The summed E-state index contributed by atoms with van der Waals surface area (Å²) in [5, 5.41) is 10.2. The fraction of sp³-hybridized carbons (Fsp3) is 0.615. The topological polar surface area (TPSA) is 99.1 Å². The number of hydrogen-bond donors (Lipinski definition) is 2. The van der Waals surface area contributed by atoms with Crippen molar-refractivity contribution in [1.82, 2.24) is 19.5 Å². The summed E-state index contributed by atoms with van der Waals surface area (Å²) in [6.45, 7) is 0. The van der Waals surface area contributed by atoms with E-state index >= 15 is 0 Å². The highest BCUT2D eigenvalue weighted by Crippen LogP contribution is 2.47. The second-order valence-electron chi connectivity index (χ2n) is 5.67. The van der Waals surface area contributed by atoms with Crippen molar-refractivity contribution < 1.29 is 9.84 Å². The highest BCUT2D eigenvalue weighted by Gasteiger charge is 2.49. The number of aliphatic hydroxyl groups excluding tert-OH is 1. The second kappa shape index (κ2) is 4.13. The molecule has 1 aliphatic carbocycles. The van der Waals surface area contributed by atoms with Gasteiger partial charge in [0.15, 0.2) is 11.5 Å². The molecule has 0 aromatic carbocycles. The monoisotopic (exact) mass is 275 g/mol. The summed E-state index contributed by atoms with van der Waals surface area (Å²) in [5.41, 5.74) is 6.71. The second-order valence-corrected chi connectivity index (χ2v) is 5.67. The number of anilines is 1. The van der Waals surface area contributed by atoms with Crippen molar-refractivity contribution in [3.63, 3.8) is 0 Å². The lowest BCUT2D eigenvalue weighted by atomic mass is 9.96. The van der Waals surface area contributed by atoms with Gasteiger partial charge in [-0.2, -0.15) is 0 Å². The van der Waals surface area contributed by atoms with E-state index in [2.05, 4.69) is 15.0 Å². The number of aromatic nitrogens is 4. The largest absolute Gasteiger partial charge is 0.390 e. The van der Waals surface area contributed by atoms with Gasteiger partial charge in [-0.1, -0.05) is 0 Å². The summed E-state index contributed by atoms with van der Waals surface area (Å²) < 4.78 is 8.08. The van der Waals surface area contributed by atoms with Crippen LogP contribution in [0, 0.1) is 0 Å². The van der Waals surface area contributed by atoms with Gasteiger partial charge in [-0.3, -0.25) is 4.57 Å². The molecule has 0 amide bonds. The van der Waals surface area contributed by atoms with Gasteiger partial charge in [0.1, 0.15) is 18.1 Å². The van der Waals surface area contributed by atoms with Gasteiger partial charge in [0.2, 0.25) is 0 Å². The van der Waals surface area contributed by atoms with Crippen molar-refractivity contribution in [1.29, 1.82) is 0 Å². The molecule has 1 spiro atoms. The van der Waals surface area contributed by atoms with Gasteiger partial charge in [0.25, 0.3) is 0 Å². The summed E-state index contributed by atoms with van der Waals surface area (Å²) in [7, 11) is 0. The Morgan fingerprint density at radius 2 is 2.20 bits per heavy atom. The molecule has 20 heavy (non-hydrogen) atoms. The average Bonchev–Trinajstić information content (AvgIpc) is 3.11. The standard InChI is InChI=1S/C13H17N5O2/c14-11-10-12(16-6-15-11)18(7-17-10)9-3-5-13(20-9)4-1-2-8(13)19/h6-9,19H,1-5H2,(H2,14,15,16)/t8-,9+,13+/m1/s1. The molecule has 3 heterocycles. The van der Waals surface area contributed by atoms with E-state index in [0.717, 1.165) is 32.1 Å². The Morgan fingerprint density at radius 1 is 1.30 bits per heavy atom. The van der Waals surface area contributed by atoms with Crippen LogP contribution in [0.1, 0.15) is 38.3 Å². The van der Waals surface area contributed by atoms with Gasteiger partial charge in [0, 0.05) is 0 Å². The maximum atomic E-state index is 10.2. The summed E-state index contributed by atoms with van der Waals surface area (Å²) in [5.74, 6) is 0.377. The maximum Gasteiger partial charge on any atom is 0.167 e. The number of rotatable bonds is 1. The Bertz CT molecular complexity index is 657. The summed E-state index contributed by atoms with van der Waals surface area (Å²) in [6, 6.07) is 0. The van der Waals surface area contributed by atoms with E-state index in [-0.39, 0.29) is 17.9 Å². The molecule has 0 radical (unpaired) electrons. The van der Waals surface area contributed by atoms with Gasteiger partial charge in [0.05, 0.1) is 18.0 Å². The van der Waals surface area contributed by atoms with Crippen LogP contribution in [-0.2, 0) is 4.74 Å². The molecular formula is C13H17N5O2. The van der Waals surface area contributed by atoms with E-state index in [1.54, 1.807) is 6.33 Å². The molecule has 1 aliphatic heterocycles. The van der Waals surface area contributed by atoms with Gasteiger partial charge in [-0.25, -0.2) is 15.0 Å². The molecule has 1 saturated heterocycles. The first kappa shape index (κ1) is 12.0. The minimum Gasteiger partial charge on any atom is -0.390 e. The van der Waals surface area contributed by atoms with Crippen LogP contribution in [0.5, 0.6) is 0 Å². The van der Waals surface area contributed by atoms with Gasteiger partial charge in [-0.15, -0.1) is 0 Å². The van der Waals surface area contributed by atoms with E-state index in [0.29, 0.717) is 17.0 Å². The molecule has 1 saturated carbocycles. The first-order valence-corrected chi connectivity index (χ1v) is 6.98. The lowest BCUT2D eigenvalue weighted by molar-refractivity contribution is -0.119. The highest BCUT2D eigenvalue weighted by molar-refractivity contribution is 5.81. The molecular weight excluding hydrogens is 258 g/mol. The first-order chi connectivity index (χ1) is 9.70. The number of nitrogen functional groups attached to an aromatic ring is 1. The predicted molar refractivity (Wildman–Crippen MR) is 71.7 cm³/mol. The highest BCUT2D eigenvalue weighted by atomic mass is 16.5. The summed E-state index contributed by atoms with van der Waals surface area (Å²) in [4.78, 5) is 12.5. The van der Waals surface area contributed by atoms with Gasteiger partial charge < -0.3 is 15.6 Å². The molecule has 3 atom stereocenters. The van der Waals surface area contributed by atoms with E-state index < -0.39 is 0 Å². The van der Waals surface area contributed by atoms with E-state index in [9.17, 15) is 5.11 Å². The van der Waals surface area contributed by atoms with Crippen LogP contribution in [0.4, 0.5) is 5.82 Å². The summed E-state index contributed by atoms with van der Waals surface area (Å²) in [6.07, 6.45) is 7.13. The van der Waals surface area contributed by atoms with Crippen LogP contribution in [0.25, 0.3) is 11.2 Å². The first-order valence-electron chi connectivity index (χ1n) is 6.98. The van der Waals surface area contributed by atoms with Crippen LogP contribution >= 0.6 is 0 Å². The predicted octanol–water partition coefficient (Wildman–Crippen LogP) is 1.00. The Kier molecular flexibility index (Phi) is 2.49. The number of nitrogens with two attached hydrogens (primary N) is 1. The zero-order chi connectivity index (χ0) is 13.7. The Hall–Kier alpha value is -1.73. The molecule has 2 aromatic heterocycles. The van der Waals surface area contributed by atoms with Crippen LogP contribution < -0.4 is 5.73 Å². The average molecular weight is 275 g/mol. The number of hydrogen-bond acceptors (Lipinski definition) is 6. The molecule has 7 nitrogen and oxygen atoms in total. The van der Waals surface area contributed by atoms with Gasteiger partial charge >= 0.3 is 0 Å². The number of nitrogens with zero attached hydrogens (tertiary/aromatic N) is 4. The number of fused-ring (bicyclic) bond motifs is 1. The van der Waals surface area contributed by atoms with Crippen LogP contribution in [0.2, 0.25) is 0 Å². The minimum atomic E-state index is -0.375. The Balaban J connectivity index is 1.70. The molecule has 7 heteroatoms. The third-order valence-electron chi connectivity index (χ3n) is 4.57. The zero-order valence-corrected chi connectivity index (χ0v) is 11.1. The number of aliphatic hydroxyl groups is 1. The number of ether oxygens (including phenoxy) is 1. The van der Waals surface area contributed by atoms with Crippen molar-refractivity contribution in [2.24, 2.45) is 0 Å². The van der Waals surface area contributed by atoms with Gasteiger partial charge in [-0.05, 0) is 32.1 Å². The van der Waals surface area contributed by atoms with Crippen LogP contribution in [0.15, 0.2) is 12.7 Å². The molecule has 0 bridgehead atoms. The van der Waals surface area contributed by atoms with Crippen molar-refractivity contribution in [2.45, 2.75) is 50.0 Å². The van der Waals surface area contributed by atoms with Crippen molar-refractivity contribution in [2.75, 3.05) is 5.73 Å². The van der Waals surface area contributed by atoms with E-state index in [4.69, 9.17) is 10.5 Å². The third kappa shape index (κ3) is 1.56. The SMILES string of the molecule is Nc1ncnc2c1ncn2[C@@H]1CC[C@]2(CCC[C@H]2O)O1. The third-order valence-corrected chi connectivity index (χ3v) is 4.57. The number of imidazole rings is 1. The lowest BCUT2D eigenvalue weighted by Gasteiger charge is -2.28. The quantitative estimate of drug-likeness (QED) is 0.805. The molecule has 3 N–H and O–H groups in total. The van der Waals surface area contributed by atoms with E-state index in [1.807, 2.05) is 4.57 Å². The van der Waals surface area contributed by atoms with Crippen molar-refractivity contribution in [3.05, 3.63) is 12.7 Å². The minimum absolute atomic E-state index is 0.137. The molecule has 4 rings (SSSR count). The molecule has 2 fully saturated rings. The molecule has 2 aliphatic rings. The van der Waals surface area contributed by atoms with E-state index in [1.165, 1.54) is 6.33 Å². The van der Waals surface area contributed by atoms with Crippen LogP contribution in [0.3, 0.4) is 0 Å². The fourth-order valence-corrected chi connectivity index (χ4v) is 3.49. The molecule has 2 aromatic rings. The van der Waals surface area contributed by atoms with Crippen molar-refractivity contribution in [3.8, 4) is 0 Å². The maximum absolute atomic E-state index is 10.2. The molecule has 106 valence electrons. The lowest BCUT2D eigenvalue weighted by Crippen LogP contribution is -2.37. The van der Waals surface area contributed by atoms with Crippen molar-refractivity contribution >= 4 is 17.0 Å². The van der Waals surface area contributed by atoms with Crippen LogP contribution in [-0.4, -0.2) is 36.3 Å². The normalized spacial score (nSPS) is 33.5. The fourth-order valence-electron chi connectivity index (χ4n) is 3.49. The summed E-state index contributed by atoms with van der Waals surface area (Å²) >= 11 is 0.